The van der Waals surface area contributed by atoms with Crippen molar-refractivity contribution < 1.29 is 4.39 Å². The summed E-state index contributed by atoms with van der Waals surface area (Å²) in [6.45, 7) is 4.36. The fourth-order valence-electron chi connectivity index (χ4n) is 1.53. The van der Waals surface area contributed by atoms with Gasteiger partial charge in [0, 0.05) is 0 Å². The molecule has 0 bridgehead atoms. The summed E-state index contributed by atoms with van der Waals surface area (Å²) in [4.78, 5) is 7.16. The average Bonchev–Trinajstić information content (AvgIpc) is 2.66. The molecule has 2 N–H and O–H groups in total. The van der Waals surface area contributed by atoms with Gasteiger partial charge in [-0.05, 0) is 31.5 Å². The van der Waals surface area contributed by atoms with Crippen molar-refractivity contribution in [3.63, 3.8) is 0 Å². The van der Waals surface area contributed by atoms with Gasteiger partial charge in [-0.1, -0.05) is 6.07 Å². The molecule has 1 aromatic heterocycles. The number of hydrogen-bond donors (Lipinski definition) is 2. The van der Waals surface area contributed by atoms with E-state index in [4.69, 9.17) is 0 Å². The van der Waals surface area contributed by atoms with E-state index < -0.39 is 0 Å². The Kier molecular flexibility index (Phi) is 2.90. The second-order valence-electron chi connectivity index (χ2n) is 3.83. The number of hydrogen-bond acceptors (Lipinski definition) is 2. The van der Waals surface area contributed by atoms with Crippen molar-refractivity contribution in [3.05, 3.63) is 47.3 Å². The van der Waals surface area contributed by atoms with E-state index in [0.29, 0.717) is 12.2 Å². The van der Waals surface area contributed by atoms with Gasteiger partial charge in [0.25, 0.3) is 0 Å². The van der Waals surface area contributed by atoms with Crippen LogP contribution in [0, 0.1) is 19.7 Å². The number of benzene rings is 1. The smallest absolute Gasteiger partial charge is 0.146 e. The van der Waals surface area contributed by atoms with Gasteiger partial charge in [0.1, 0.15) is 11.6 Å². The summed E-state index contributed by atoms with van der Waals surface area (Å²) in [5.41, 5.74) is 2.50. The Bertz CT molecular complexity index is 491. The van der Waals surface area contributed by atoms with E-state index >= 15 is 0 Å². The minimum Gasteiger partial charge on any atom is -0.377 e. The van der Waals surface area contributed by atoms with Gasteiger partial charge in [-0.2, -0.15) is 0 Å². The van der Waals surface area contributed by atoms with Gasteiger partial charge in [0.05, 0.1) is 24.1 Å². The lowest BCUT2D eigenvalue weighted by Gasteiger charge is -2.06. The van der Waals surface area contributed by atoms with E-state index in [0.717, 1.165) is 17.1 Å². The molecule has 0 saturated carbocycles. The molecule has 2 aromatic rings. The predicted molar refractivity (Wildman–Crippen MR) is 61.8 cm³/mol. The quantitative estimate of drug-likeness (QED) is 0.833. The number of rotatable bonds is 3. The predicted octanol–water partition coefficient (Wildman–Crippen LogP) is 2.78. The highest BCUT2D eigenvalue weighted by atomic mass is 19.1. The van der Waals surface area contributed by atoms with Crippen LogP contribution in [0.1, 0.15) is 17.1 Å². The van der Waals surface area contributed by atoms with Gasteiger partial charge in [-0.3, -0.25) is 0 Å². The number of aromatic nitrogens is 2. The Morgan fingerprint density at radius 3 is 2.88 bits per heavy atom. The maximum absolute atomic E-state index is 13.4. The SMILES string of the molecule is Cc1ccc(F)c(NCc2cnc(C)[nH]2)c1. The lowest BCUT2D eigenvalue weighted by atomic mass is 10.2. The van der Waals surface area contributed by atoms with Gasteiger partial charge < -0.3 is 10.3 Å². The van der Waals surface area contributed by atoms with Crippen molar-refractivity contribution in [2.45, 2.75) is 20.4 Å². The minimum atomic E-state index is -0.234. The van der Waals surface area contributed by atoms with Crippen LogP contribution in [0.2, 0.25) is 0 Å². The molecule has 0 atom stereocenters. The Balaban J connectivity index is 2.07. The Labute approximate surface area is 93.7 Å². The van der Waals surface area contributed by atoms with Gasteiger partial charge in [-0.25, -0.2) is 9.37 Å². The van der Waals surface area contributed by atoms with Crippen LogP contribution in [0.4, 0.5) is 10.1 Å². The van der Waals surface area contributed by atoms with Gasteiger partial charge in [0.2, 0.25) is 0 Å². The molecule has 1 aromatic carbocycles. The summed E-state index contributed by atoms with van der Waals surface area (Å²) < 4.78 is 13.4. The molecule has 0 aliphatic rings. The molecule has 1 heterocycles. The molecule has 2 rings (SSSR count). The first kappa shape index (κ1) is 10.7. The van der Waals surface area contributed by atoms with E-state index in [1.807, 2.05) is 13.8 Å². The van der Waals surface area contributed by atoms with Crippen LogP contribution in [-0.4, -0.2) is 9.97 Å². The number of halogens is 1. The number of aryl methyl sites for hydroxylation is 2. The van der Waals surface area contributed by atoms with Crippen molar-refractivity contribution in [2.24, 2.45) is 0 Å². The molecule has 0 amide bonds. The maximum atomic E-state index is 13.4. The lowest BCUT2D eigenvalue weighted by Crippen LogP contribution is -2.02. The first-order chi connectivity index (χ1) is 7.65. The molecule has 0 saturated heterocycles. The zero-order valence-electron chi connectivity index (χ0n) is 9.34. The van der Waals surface area contributed by atoms with Crippen LogP contribution in [0.3, 0.4) is 0 Å². The van der Waals surface area contributed by atoms with Crippen molar-refractivity contribution in [1.82, 2.24) is 9.97 Å². The maximum Gasteiger partial charge on any atom is 0.146 e. The normalized spacial score (nSPS) is 10.4. The fraction of sp³-hybridized carbons (Fsp3) is 0.250. The molecule has 0 radical (unpaired) electrons. The molecule has 84 valence electrons. The molecule has 0 aliphatic carbocycles. The summed E-state index contributed by atoms with van der Waals surface area (Å²) in [5, 5.41) is 3.04. The van der Waals surface area contributed by atoms with Crippen molar-refractivity contribution in [1.29, 1.82) is 0 Å². The Hall–Kier alpha value is -1.84. The largest absolute Gasteiger partial charge is 0.377 e. The van der Waals surface area contributed by atoms with Crippen LogP contribution < -0.4 is 5.32 Å². The molecule has 0 spiro atoms. The van der Waals surface area contributed by atoms with Crippen molar-refractivity contribution in [2.75, 3.05) is 5.32 Å². The number of nitrogens with zero attached hydrogens (tertiary/aromatic N) is 1. The Morgan fingerprint density at radius 2 is 2.19 bits per heavy atom. The van der Waals surface area contributed by atoms with Crippen LogP contribution in [0.25, 0.3) is 0 Å². The number of imidazole rings is 1. The molecular formula is C12H14FN3. The zero-order valence-corrected chi connectivity index (χ0v) is 9.34. The van der Waals surface area contributed by atoms with Crippen molar-refractivity contribution in [3.8, 4) is 0 Å². The second kappa shape index (κ2) is 4.35. The van der Waals surface area contributed by atoms with Crippen molar-refractivity contribution >= 4 is 5.69 Å². The molecular weight excluding hydrogens is 205 g/mol. The molecule has 3 nitrogen and oxygen atoms in total. The van der Waals surface area contributed by atoms with Crippen LogP contribution >= 0.6 is 0 Å². The van der Waals surface area contributed by atoms with E-state index in [2.05, 4.69) is 15.3 Å². The highest BCUT2D eigenvalue weighted by molar-refractivity contribution is 5.47. The molecule has 0 aliphatic heterocycles. The number of nitrogens with one attached hydrogen (secondary N) is 2. The third-order valence-corrected chi connectivity index (χ3v) is 2.35. The van der Waals surface area contributed by atoms with E-state index in [9.17, 15) is 4.39 Å². The first-order valence-electron chi connectivity index (χ1n) is 5.15. The van der Waals surface area contributed by atoms with Crippen LogP contribution in [0.15, 0.2) is 24.4 Å². The number of anilines is 1. The van der Waals surface area contributed by atoms with E-state index in [1.54, 1.807) is 18.3 Å². The highest BCUT2D eigenvalue weighted by Crippen LogP contribution is 2.16. The molecule has 4 heteroatoms. The number of aromatic amines is 1. The molecule has 0 fully saturated rings. The summed E-state index contributed by atoms with van der Waals surface area (Å²) in [5.74, 6) is 0.628. The van der Waals surface area contributed by atoms with E-state index in [-0.39, 0.29) is 5.82 Å². The van der Waals surface area contributed by atoms with Gasteiger partial charge in [0.15, 0.2) is 0 Å². The third kappa shape index (κ3) is 2.39. The summed E-state index contributed by atoms with van der Waals surface area (Å²) >= 11 is 0. The number of H-pyrrole nitrogens is 1. The average molecular weight is 219 g/mol. The van der Waals surface area contributed by atoms with Crippen LogP contribution in [-0.2, 0) is 6.54 Å². The topological polar surface area (TPSA) is 40.7 Å². The lowest BCUT2D eigenvalue weighted by molar-refractivity contribution is 0.629. The van der Waals surface area contributed by atoms with E-state index in [1.165, 1.54) is 6.07 Å². The van der Waals surface area contributed by atoms with Crippen LogP contribution in [0.5, 0.6) is 0 Å². The zero-order chi connectivity index (χ0) is 11.5. The highest BCUT2D eigenvalue weighted by Gasteiger charge is 2.02. The fourth-order valence-corrected chi connectivity index (χ4v) is 1.53. The van der Waals surface area contributed by atoms with Gasteiger partial charge >= 0.3 is 0 Å². The monoisotopic (exact) mass is 219 g/mol. The first-order valence-corrected chi connectivity index (χ1v) is 5.15. The summed E-state index contributed by atoms with van der Waals surface area (Å²) in [7, 11) is 0. The second-order valence-corrected chi connectivity index (χ2v) is 3.83. The standard InChI is InChI=1S/C12H14FN3/c1-8-3-4-11(13)12(5-8)15-7-10-6-14-9(2)16-10/h3-6,15H,7H2,1-2H3,(H,14,16). The molecule has 0 unspecified atom stereocenters. The summed E-state index contributed by atoms with van der Waals surface area (Å²) in [6, 6.07) is 5.01. The molecule has 16 heavy (non-hydrogen) atoms. The minimum absolute atomic E-state index is 0.234. The van der Waals surface area contributed by atoms with Gasteiger partial charge in [-0.15, -0.1) is 0 Å². The third-order valence-electron chi connectivity index (χ3n) is 2.35. The summed E-state index contributed by atoms with van der Waals surface area (Å²) in [6.07, 6.45) is 1.75. The Morgan fingerprint density at radius 1 is 1.38 bits per heavy atom.